The summed E-state index contributed by atoms with van der Waals surface area (Å²) >= 11 is 0. The summed E-state index contributed by atoms with van der Waals surface area (Å²) in [6, 6.07) is 10.3. The molecular weight excluding hydrogens is 360 g/mol. The van der Waals surface area contributed by atoms with Gasteiger partial charge in [-0.05, 0) is 50.6 Å². The van der Waals surface area contributed by atoms with Gasteiger partial charge in [0.1, 0.15) is 12.1 Å². The van der Waals surface area contributed by atoms with Crippen LogP contribution in [0.3, 0.4) is 0 Å². The third-order valence-electron chi connectivity index (χ3n) is 3.44. The van der Waals surface area contributed by atoms with Gasteiger partial charge in [-0.15, -0.1) is 0 Å². The van der Waals surface area contributed by atoms with E-state index < -0.39 is 11.7 Å². The van der Waals surface area contributed by atoms with Crippen molar-refractivity contribution in [2.45, 2.75) is 32.9 Å². The molecule has 0 unspecified atom stereocenters. The second kappa shape index (κ2) is 9.50. The number of hydrogen-bond donors (Lipinski definition) is 3. The second-order valence-electron chi connectivity index (χ2n) is 7.02. The zero-order chi connectivity index (χ0) is 20.6. The number of alkyl carbamates (subject to hydrolysis) is 1. The molecular formula is C20H24N4O4. The molecule has 3 amide bonds. The Morgan fingerprint density at radius 3 is 2.21 bits per heavy atom. The number of nitrogens with one attached hydrogen (secondary N) is 3. The van der Waals surface area contributed by atoms with Gasteiger partial charge < -0.3 is 20.7 Å². The van der Waals surface area contributed by atoms with Crippen LogP contribution in [-0.2, 0) is 16.1 Å². The highest BCUT2D eigenvalue weighted by atomic mass is 16.6. The van der Waals surface area contributed by atoms with Gasteiger partial charge in [0, 0.05) is 30.2 Å². The first-order valence-electron chi connectivity index (χ1n) is 8.77. The molecule has 0 aliphatic heterocycles. The number of rotatable bonds is 6. The van der Waals surface area contributed by atoms with Crippen molar-refractivity contribution >= 4 is 23.6 Å². The summed E-state index contributed by atoms with van der Waals surface area (Å²) in [5, 5.41) is 7.88. The number of anilines is 1. The van der Waals surface area contributed by atoms with Gasteiger partial charge in [0.2, 0.25) is 5.91 Å². The Bertz CT molecular complexity index is 814. The van der Waals surface area contributed by atoms with Crippen molar-refractivity contribution in [2.24, 2.45) is 0 Å². The van der Waals surface area contributed by atoms with Crippen molar-refractivity contribution in [3.8, 4) is 0 Å². The van der Waals surface area contributed by atoms with Crippen LogP contribution in [0.5, 0.6) is 0 Å². The largest absolute Gasteiger partial charge is 0.444 e. The van der Waals surface area contributed by atoms with Crippen molar-refractivity contribution in [2.75, 3.05) is 11.9 Å². The van der Waals surface area contributed by atoms with Gasteiger partial charge in [0.05, 0.1) is 0 Å². The lowest BCUT2D eigenvalue weighted by Gasteiger charge is -2.19. The molecule has 0 aliphatic rings. The maximum Gasteiger partial charge on any atom is 0.408 e. The molecule has 3 N–H and O–H groups in total. The molecule has 0 saturated heterocycles. The first-order chi connectivity index (χ1) is 13.2. The van der Waals surface area contributed by atoms with Crippen LogP contribution in [0.4, 0.5) is 10.5 Å². The Kier molecular flexibility index (Phi) is 7.08. The number of aromatic nitrogens is 1. The highest BCUT2D eigenvalue weighted by Crippen LogP contribution is 2.11. The SMILES string of the molecule is CC(C)(C)OC(=O)NCC(=O)NCc1ccc(NC(=O)c2ccncc2)cc1. The van der Waals surface area contributed by atoms with Crippen LogP contribution in [-0.4, -0.2) is 35.0 Å². The summed E-state index contributed by atoms with van der Waals surface area (Å²) < 4.78 is 5.06. The fourth-order valence-corrected chi connectivity index (χ4v) is 2.14. The van der Waals surface area contributed by atoms with E-state index in [4.69, 9.17) is 4.74 Å². The van der Waals surface area contributed by atoms with Gasteiger partial charge in [0.15, 0.2) is 0 Å². The second-order valence-corrected chi connectivity index (χ2v) is 7.02. The predicted octanol–water partition coefficient (Wildman–Crippen LogP) is 2.47. The fraction of sp³-hybridized carbons (Fsp3) is 0.300. The Morgan fingerprint density at radius 2 is 1.61 bits per heavy atom. The van der Waals surface area contributed by atoms with Crippen molar-refractivity contribution < 1.29 is 19.1 Å². The summed E-state index contributed by atoms with van der Waals surface area (Å²) in [6.07, 6.45) is 2.47. The molecule has 0 spiro atoms. The maximum absolute atomic E-state index is 12.1. The standard InChI is InChI=1S/C20H24N4O4/c1-20(2,3)28-19(27)23-13-17(25)22-12-14-4-6-16(7-5-14)24-18(26)15-8-10-21-11-9-15/h4-11H,12-13H2,1-3H3,(H,22,25)(H,23,27)(H,24,26). The van der Waals surface area contributed by atoms with Crippen LogP contribution in [0.2, 0.25) is 0 Å². The van der Waals surface area contributed by atoms with E-state index in [0.29, 0.717) is 17.8 Å². The minimum Gasteiger partial charge on any atom is -0.444 e. The fourth-order valence-electron chi connectivity index (χ4n) is 2.14. The molecule has 8 nitrogen and oxygen atoms in total. The lowest BCUT2D eigenvalue weighted by Crippen LogP contribution is -2.39. The van der Waals surface area contributed by atoms with Crippen LogP contribution in [0.25, 0.3) is 0 Å². The normalized spacial score (nSPS) is 10.7. The van der Waals surface area contributed by atoms with Crippen LogP contribution in [0, 0.1) is 0 Å². The predicted molar refractivity (Wildman–Crippen MR) is 105 cm³/mol. The summed E-state index contributed by atoms with van der Waals surface area (Å²) in [5.41, 5.74) is 1.40. The van der Waals surface area contributed by atoms with Crippen molar-refractivity contribution in [3.63, 3.8) is 0 Å². The number of benzene rings is 1. The molecule has 0 atom stereocenters. The van der Waals surface area contributed by atoms with Gasteiger partial charge in [0.25, 0.3) is 5.91 Å². The Balaban J connectivity index is 1.75. The average Bonchev–Trinajstić information content (AvgIpc) is 2.65. The van der Waals surface area contributed by atoms with Crippen LogP contribution in [0.1, 0.15) is 36.7 Å². The molecule has 148 valence electrons. The van der Waals surface area contributed by atoms with Gasteiger partial charge >= 0.3 is 6.09 Å². The first-order valence-corrected chi connectivity index (χ1v) is 8.77. The topological polar surface area (TPSA) is 109 Å². The lowest BCUT2D eigenvalue weighted by molar-refractivity contribution is -0.120. The van der Waals surface area contributed by atoms with Crippen LogP contribution < -0.4 is 16.0 Å². The number of amides is 3. The molecule has 0 aliphatic carbocycles. The molecule has 0 radical (unpaired) electrons. The van der Waals surface area contributed by atoms with E-state index in [1.165, 1.54) is 0 Å². The Morgan fingerprint density at radius 1 is 0.964 bits per heavy atom. The number of carbonyl (C=O) groups is 3. The quantitative estimate of drug-likeness (QED) is 0.709. The Labute approximate surface area is 163 Å². The highest BCUT2D eigenvalue weighted by Gasteiger charge is 2.16. The van der Waals surface area contributed by atoms with E-state index in [1.54, 1.807) is 69.6 Å². The van der Waals surface area contributed by atoms with E-state index >= 15 is 0 Å². The minimum absolute atomic E-state index is 0.172. The number of pyridine rings is 1. The van der Waals surface area contributed by atoms with Crippen LogP contribution >= 0.6 is 0 Å². The number of ether oxygens (including phenoxy) is 1. The summed E-state index contributed by atoms with van der Waals surface area (Å²) in [5.74, 6) is -0.558. The summed E-state index contributed by atoms with van der Waals surface area (Å²) in [4.78, 5) is 39.3. The van der Waals surface area contributed by atoms with Gasteiger partial charge in [-0.1, -0.05) is 12.1 Å². The van der Waals surface area contributed by atoms with E-state index in [0.717, 1.165) is 5.56 Å². The van der Waals surface area contributed by atoms with Gasteiger partial charge in [-0.3, -0.25) is 14.6 Å². The first kappa shape index (κ1) is 20.9. The highest BCUT2D eigenvalue weighted by molar-refractivity contribution is 6.04. The average molecular weight is 384 g/mol. The van der Waals surface area contributed by atoms with Crippen molar-refractivity contribution in [1.82, 2.24) is 15.6 Å². The number of hydrogen-bond acceptors (Lipinski definition) is 5. The molecule has 2 rings (SSSR count). The van der Waals surface area contributed by atoms with Crippen LogP contribution in [0.15, 0.2) is 48.8 Å². The van der Waals surface area contributed by atoms with Crippen molar-refractivity contribution in [1.29, 1.82) is 0 Å². The van der Waals surface area contributed by atoms with E-state index in [9.17, 15) is 14.4 Å². The maximum atomic E-state index is 12.1. The zero-order valence-corrected chi connectivity index (χ0v) is 16.1. The summed E-state index contributed by atoms with van der Waals surface area (Å²) in [6.45, 7) is 5.36. The smallest absolute Gasteiger partial charge is 0.408 e. The monoisotopic (exact) mass is 384 g/mol. The molecule has 8 heteroatoms. The molecule has 2 aromatic rings. The molecule has 1 aromatic heterocycles. The van der Waals surface area contributed by atoms with Gasteiger partial charge in [-0.2, -0.15) is 0 Å². The third kappa shape index (κ3) is 7.45. The molecule has 1 aromatic carbocycles. The number of carbonyl (C=O) groups excluding carboxylic acids is 3. The third-order valence-corrected chi connectivity index (χ3v) is 3.44. The zero-order valence-electron chi connectivity index (χ0n) is 16.1. The minimum atomic E-state index is -0.642. The van der Waals surface area contributed by atoms with E-state index in [1.807, 2.05) is 0 Å². The lowest BCUT2D eigenvalue weighted by atomic mass is 10.2. The van der Waals surface area contributed by atoms with Gasteiger partial charge in [-0.25, -0.2) is 4.79 Å². The molecule has 28 heavy (non-hydrogen) atoms. The van der Waals surface area contributed by atoms with E-state index in [-0.39, 0.29) is 18.4 Å². The number of nitrogens with zero attached hydrogens (tertiary/aromatic N) is 1. The molecule has 0 bridgehead atoms. The summed E-state index contributed by atoms with van der Waals surface area (Å²) in [7, 11) is 0. The molecule has 0 saturated carbocycles. The van der Waals surface area contributed by atoms with E-state index in [2.05, 4.69) is 20.9 Å². The molecule has 0 fully saturated rings. The molecule has 1 heterocycles. The Hall–Kier alpha value is -3.42. The van der Waals surface area contributed by atoms with Crippen molar-refractivity contribution in [3.05, 3.63) is 59.9 Å².